The third-order valence-electron chi connectivity index (χ3n) is 4.50. The van der Waals surface area contributed by atoms with Crippen molar-refractivity contribution in [1.82, 2.24) is 9.62 Å². The number of rotatable bonds is 2. The Hall–Kier alpha value is -0.140. The zero-order chi connectivity index (χ0) is 14.2. The van der Waals surface area contributed by atoms with Gasteiger partial charge >= 0.3 is 0 Å². The van der Waals surface area contributed by atoms with E-state index >= 15 is 0 Å². The highest BCUT2D eigenvalue weighted by molar-refractivity contribution is 9.10. The van der Waals surface area contributed by atoms with E-state index in [9.17, 15) is 8.42 Å². The molecule has 1 spiro atoms. The molecule has 1 aromatic carbocycles. The fourth-order valence-corrected chi connectivity index (χ4v) is 5.39. The molecule has 0 atom stereocenters. The maximum Gasteiger partial charge on any atom is 0.243 e. The van der Waals surface area contributed by atoms with Crippen LogP contribution >= 0.6 is 28.3 Å². The van der Waals surface area contributed by atoms with Crippen LogP contribution in [0.4, 0.5) is 0 Å². The second-order valence-corrected chi connectivity index (χ2v) is 8.65. The van der Waals surface area contributed by atoms with Crippen LogP contribution in [0.15, 0.2) is 33.6 Å². The first-order valence-corrected chi connectivity index (χ1v) is 9.22. The number of hydrogen-bond acceptors (Lipinski definition) is 3. The molecule has 2 heterocycles. The lowest BCUT2D eigenvalue weighted by Gasteiger charge is -2.33. The Morgan fingerprint density at radius 2 is 1.90 bits per heavy atom. The predicted molar refractivity (Wildman–Crippen MR) is 89.3 cm³/mol. The second kappa shape index (κ2) is 6.54. The van der Waals surface area contributed by atoms with Gasteiger partial charge in [-0.3, -0.25) is 0 Å². The summed E-state index contributed by atoms with van der Waals surface area (Å²) in [5.74, 6) is 0. The summed E-state index contributed by atoms with van der Waals surface area (Å²) in [7, 11) is -3.35. The quantitative estimate of drug-likeness (QED) is 0.837. The number of sulfonamides is 1. The first-order chi connectivity index (χ1) is 9.52. The van der Waals surface area contributed by atoms with Crippen LogP contribution in [0.2, 0.25) is 0 Å². The summed E-state index contributed by atoms with van der Waals surface area (Å²) < 4.78 is 27.9. The van der Waals surface area contributed by atoms with E-state index in [1.165, 1.54) is 0 Å². The van der Waals surface area contributed by atoms with Gasteiger partial charge in [-0.1, -0.05) is 22.0 Å². The van der Waals surface area contributed by atoms with Crippen LogP contribution < -0.4 is 5.32 Å². The summed E-state index contributed by atoms with van der Waals surface area (Å²) in [5.41, 5.74) is 0.199. The topological polar surface area (TPSA) is 49.4 Å². The average Bonchev–Trinajstić information content (AvgIpc) is 2.84. The molecule has 118 valence electrons. The molecule has 0 amide bonds. The normalized spacial score (nSPS) is 22.1. The van der Waals surface area contributed by atoms with E-state index in [2.05, 4.69) is 21.2 Å². The Bertz CT molecular complexity index is 603. The van der Waals surface area contributed by atoms with Crippen molar-refractivity contribution in [2.75, 3.05) is 26.2 Å². The van der Waals surface area contributed by atoms with Crippen molar-refractivity contribution in [3.63, 3.8) is 0 Å². The molecule has 0 unspecified atom stereocenters. The Labute approximate surface area is 140 Å². The van der Waals surface area contributed by atoms with E-state index in [0.717, 1.165) is 36.8 Å². The van der Waals surface area contributed by atoms with Crippen LogP contribution in [0, 0.1) is 5.41 Å². The number of piperidine rings is 1. The van der Waals surface area contributed by atoms with Gasteiger partial charge in [0, 0.05) is 17.6 Å². The van der Waals surface area contributed by atoms with Gasteiger partial charge in [0.15, 0.2) is 0 Å². The van der Waals surface area contributed by atoms with Gasteiger partial charge in [-0.2, -0.15) is 4.31 Å². The summed E-state index contributed by atoms with van der Waals surface area (Å²) in [6.07, 6.45) is 3.15. The van der Waals surface area contributed by atoms with Crippen LogP contribution in [0.3, 0.4) is 0 Å². The molecule has 2 aliphatic heterocycles. The van der Waals surface area contributed by atoms with Gasteiger partial charge in [-0.25, -0.2) is 8.42 Å². The van der Waals surface area contributed by atoms with E-state index in [1.54, 1.807) is 22.5 Å². The average molecular weight is 396 g/mol. The molecule has 7 heteroatoms. The number of benzene rings is 1. The molecule has 0 aromatic heterocycles. The minimum Gasteiger partial charge on any atom is -0.317 e. The minimum absolute atomic E-state index is 0. The van der Waals surface area contributed by atoms with E-state index in [4.69, 9.17) is 0 Å². The number of hydrogen-bond donors (Lipinski definition) is 1. The van der Waals surface area contributed by atoms with E-state index < -0.39 is 10.0 Å². The highest BCUT2D eigenvalue weighted by Gasteiger charge is 2.43. The number of nitrogens with zero attached hydrogens (tertiary/aromatic N) is 1. The van der Waals surface area contributed by atoms with Crippen molar-refractivity contribution in [2.24, 2.45) is 5.41 Å². The van der Waals surface area contributed by atoms with Gasteiger partial charge in [0.2, 0.25) is 10.0 Å². The van der Waals surface area contributed by atoms with Crippen molar-refractivity contribution in [1.29, 1.82) is 0 Å². The highest BCUT2D eigenvalue weighted by Crippen LogP contribution is 2.40. The molecular formula is C14H20BrClN2O2S. The lowest BCUT2D eigenvalue weighted by atomic mass is 9.78. The van der Waals surface area contributed by atoms with Crippen LogP contribution in [0.5, 0.6) is 0 Å². The van der Waals surface area contributed by atoms with E-state index in [0.29, 0.717) is 18.0 Å². The first-order valence-electron chi connectivity index (χ1n) is 6.98. The molecule has 2 fully saturated rings. The molecule has 1 aromatic rings. The summed E-state index contributed by atoms with van der Waals surface area (Å²) >= 11 is 3.34. The van der Waals surface area contributed by atoms with Crippen LogP contribution in [-0.2, 0) is 10.0 Å². The summed E-state index contributed by atoms with van der Waals surface area (Å²) in [5, 5.41) is 3.35. The third-order valence-corrected chi connectivity index (χ3v) is 6.84. The van der Waals surface area contributed by atoms with Crippen LogP contribution in [0.1, 0.15) is 19.3 Å². The predicted octanol–water partition coefficient (Wildman–Crippen LogP) is 2.64. The maximum absolute atomic E-state index is 12.7. The minimum atomic E-state index is -3.35. The van der Waals surface area contributed by atoms with Gasteiger partial charge in [0.25, 0.3) is 0 Å². The van der Waals surface area contributed by atoms with Gasteiger partial charge in [-0.05, 0) is 56.0 Å². The Kier molecular flexibility index (Phi) is 5.36. The highest BCUT2D eigenvalue weighted by atomic mass is 79.9. The van der Waals surface area contributed by atoms with Crippen molar-refractivity contribution in [2.45, 2.75) is 24.2 Å². The van der Waals surface area contributed by atoms with Gasteiger partial charge < -0.3 is 5.32 Å². The third kappa shape index (κ3) is 3.45. The van der Waals surface area contributed by atoms with E-state index in [1.807, 2.05) is 6.07 Å². The fraction of sp³-hybridized carbons (Fsp3) is 0.571. The molecule has 3 rings (SSSR count). The van der Waals surface area contributed by atoms with Crippen molar-refractivity contribution in [3.05, 3.63) is 28.7 Å². The molecule has 21 heavy (non-hydrogen) atoms. The number of nitrogens with one attached hydrogen (secondary N) is 1. The Morgan fingerprint density at radius 3 is 2.57 bits per heavy atom. The molecule has 0 bridgehead atoms. The van der Waals surface area contributed by atoms with Crippen molar-refractivity contribution < 1.29 is 8.42 Å². The lowest BCUT2D eigenvalue weighted by Crippen LogP contribution is -2.39. The number of halogens is 2. The summed E-state index contributed by atoms with van der Waals surface area (Å²) in [4.78, 5) is 0.387. The fourth-order valence-electron chi connectivity index (χ4n) is 3.24. The molecule has 0 aliphatic carbocycles. The van der Waals surface area contributed by atoms with Crippen LogP contribution in [-0.4, -0.2) is 38.9 Å². The SMILES string of the molecule is Cl.O=S(=O)(c1cccc(Br)c1)N1CCC2(CCNCC2)C1. The summed E-state index contributed by atoms with van der Waals surface area (Å²) in [6.45, 7) is 3.33. The molecular weight excluding hydrogens is 376 g/mol. The van der Waals surface area contributed by atoms with E-state index in [-0.39, 0.29) is 17.8 Å². The smallest absolute Gasteiger partial charge is 0.243 e. The van der Waals surface area contributed by atoms with Gasteiger partial charge in [0.1, 0.15) is 0 Å². The van der Waals surface area contributed by atoms with Gasteiger partial charge in [-0.15, -0.1) is 12.4 Å². The van der Waals surface area contributed by atoms with Crippen LogP contribution in [0.25, 0.3) is 0 Å². The van der Waals surface area contributed by atoms with Crippen molar-refractivity contribution in [3.8, 4) is 0 Å². The van der Waals surface area contributed by atoms with Gasteiger partial charge in [0.05, 0.1) is 4.90 Å². The Morgan fingerprint density at radius 1 is 1.19 bits per heavy atom. The Balaban J connectivity index is 0.00000161. The molecule has 0 radical (unpaired) electrons. The zero-order valence-electron chi connectivity index (χ0n) is 11.7. The molecule has 0 saturated carbocycles. The second-order valence-electron chi connectivity index (χ2n) is 5.80. The lowest BCUT2D eigenvalue weighted by molar-refractivity contribution is 0.218. The van der Waals surface area contributed by atoms with Crippen molar-refractivity contribution >= 4 is 38.4 Å². The maximum atomic E-state index is 12.7. The standard InChI is InChI=1S/C14H19BrN2O2S.ClH/c15-12-2-1-3-13(10-12)20(18,19)17-9-6-14(11-17)4-7-16-8-5-14;/h1-3,10,16H,4-9,11H2;1H. The molecule has 2 aliphatic rings. The zero-order valence-corrected chi connectivity index (χ0v) is 14.9. The molecule has 4 nitrogen and oxygen atoms in total. The summed E-state index contributed by atoms with van der Waals surface area (Å²) in [6, 6.07) is 6.97. The molecule has 2 saturated heterocycles. The first kappa shape index (κ1) is 17.2. The largest absolute Gasteiger partial charge is 0.317 e. The molecule has 1 N–H and O–H groups in total. The monoisotopic (exact) mass is 394 g/mol.